The number of nitrogens with zero attached hydrogens (tertiary/aromatic N) is 2. The first-order chi connectivity index (χ1) is 15.8. The van der Waals surface area contributed by atoms with E-state index in [1.54, 1.807) is 36.4 Å². The molecule has 1 saturated heterocycles. The van der Waals surface area contributed by atoms with E-state index in [-0.39, 0.29) is 17.5 Å². The lowest BCUT2D eigenvalue weighted by Gasteiger charge is -2.42. The van der Waals surface area contributed by atoms with Crippen molar-refractivity contribution in [3.05, 3.63) is 88.4 Å². The van der Waals surface area contributed by atoms with Crippen molar-refractivity contribution in [3.63, 3.8) is 0 Å². The highest BCUT2D eigenvalue weighted by atomic mass is 35.5. The minimum atomic E-state index is -1.03. The van der Waals surface area contributed by atoms with Gasteiger partial charge in [-0.3, -0.25) is 4.79 Å². The number of hydrogen-bond donors (Lipinski definition) is 2. The molecule has 0 radical (unpaired) electrons. The minimum Gasteiger partial charge on any atom is -0.478 e. The largest absolute Gasteiger partial charge is 0.478 e. The van der Waals surface area contributed by atoms with E-state index in [2.05, 4.69) is 53.2 Å². The zero-order valence-corrected chi connectivity index (χ0v) is 19.3. The Bertz CT molecular complexity index is 1180. The maximum atomic E-state index is 12.5. The molecule has 0 saturated carbocycles. The van der Waals surface area contributed by atoms with Crippen molar-refractivity contribution in [1.82, 2.24) is 0 Å². The van der Waals surface area contributed by atoms with Gasteiger partial charge in [-0.1, -0.05) is 23.7 Å². The van der Waals surface area contributed by atoms with Crippen LogP contribution in [-0.2, 0) is 0 Å². The summed E-state index contributed by atoms with van der Waals surface area (Å²) in [6.45, 7) is 6.42. The van der Waals surface area contributed by atoms with E-state index < -0.39 is 5.97 Å². The Morgan fingerprint density at radius 3 is 2.45 bits per heavy atom. The van der Waals surface area contributed by atoms with Crippen LogP contribution in [0.3, 0.4) is 0 Å². The summed E-state index contributed by atoms with van der Waals surface area (Å²) in [4.78, 5) is 29.0. The summed E-state index contributed by atoms with van der Waals surface area (Å²) < 4.78 is 0. The predicted octanol–water partition coefficient (Wildman–Crippen LogP) is 5.31. The van der Waals surface area contributed by atoms with Gasteiger partial charge in [0.25, 0.3) is 5.91 Å². The van der Waals surface area contributed by atoms with Crippen LogP contribution in [0, 0.1) is 6.92 Å². The number of carboxylic acid groups (broad SMARTS) is 1. The van der Waals surface area contributed by atoms with Crippen LogP contribution in [0.15, 0.2) is 66.7 Å². The summed E-state index contributed by atoms with van der Waals surface area (Å²) in [6.07, 6.45) is 0. The van der Waals surface area contributed by atoms with Gasteiger partial charge in [-0.15, -0.1) is 0 Å². The standard InChI is InChI=1S/C26H26ClN3O3/c1-17-4-3-5-22(14-17)30-13-12-29(16-18(30)2)24-11-10-21(15-23(24)26(32)33)28-25(31)19-6-8-20(27)9-7-19/h3-11,14-15,18H,12-13,16H2,1-2H3,(H,28,31)(H,32,33)/t18-/m1/s1. The maximum Gasteiger partial charge on any atom is 0.337 e. The van der Waals surface area contributed by atoms with Crippen molar-refractivity contribution in [2.45, 2.75) is 19.9 Å². The Morgan fingerprint density at radius 2 is 1.79 bits per heavy atom. The fourth-order valence-electron chi connectivity index (χ4n) is 4.23. The van der Waals surface area contributed by atoms with Crippen LogP contribution >= 0.6 is 11.6 Å². The number of anilines is 3. The van der Waals surface area contributed by atoms with Crippen LogP contribution in [0.5, 0.6) is 0 Å². The van der Waals surface area contributed by atoms with Crippen LogP contribution in [0.1, 0.15) is 33.2 Å². The van der Waals surface area contributed by atoms with Crippen molar-refractivity contribution in [2.24, 2.45) is 0 Å². The van der Waals surface area contributed by atoms with E-state index in [9.17, 15) is 14.7 Å². The van der Waals surface area contributed by atoms with Gasteiger partial charge in [-0.05, 0) is 74.0 Å². The molecule has 0 aromatic heterocycles. The van der Waals surface area contributed by atoms with Crippen LogP contribution in [0.25, 0.3) is 0 Å². The predicted molar refractivity (Wildman–Crippen MR) is 133 cm³/mol. The Hall–Kier alpha value is -3.51. The summed E-state index contributed by atoms with van der Waals surface area (Å²) in [7, 11) is 0. The van der Waals surface area contributed by atoms with Gasteiger partial charge < -0.3 is 20.2 Å². The number of aromatic carboxylic acids is 1. The molecule has 7 heteroatoms. The molecule has 4 rings (SSSR count). The number of amides is 1. The molecule has 1 atom stereocenters. The number of carbonyl (C=O) groups is 2. The molecule has 0 bridgehead atoms. The zero-order chi connectivity index (χ0) is 23.5. The van der Waals surface area contributed by atoms with Crippen molar-refractivity contribution < 1.29 is 14.7 Å². The van der Waals surface area contributed by atoms with Gasteiger partial charge in [0.15, 0.2) is 0 Å². The topological polar surface area (TPSA) is 72.9 Å². The Balaban J connectivity index is 1.52. The quantitative estimate of drug-likeness (QED) is 0.536. The van der Waals surface area contributed by atoms with Crippen LogP contribution in [0.4, 0.5) is 17.1 Å². The molecule has 3 aromatic rings. The molecule has 33 heavy (non-hydrogen) atoms. The van der Waals surface area contributed by atoms with E-state index in [4.69, 9.17) is 11.6 Å². The number of halogens is 1. The summed E-state index contributed by atoms with van der Waals surface area (Å²) >= 11 is 5.88. The zero-order valence-electron chi connectivity index (χ0n) is 18.6. The number of rotatable bonds is 5. The third-order valence-electron chi connectivity index (χ3n) is 5.89. The molecule has 0 aliphatic carbocycles. The molecule has 170 valence electrons. The third-order valence-corrected chi connectivity index (χ3v) is 6.14. The molecule has 0 spiro atoms. The van der Waals surface area contributed by atoms with Gasteiger partial charge in [0, 0.05) is 47.6 Å². The van der Waals surface area contributed by atoms with Gasteiger partial charge >= 0.3 is 5.97 Å². The number of piperazine rings is 1. The third kappa shape index (κ3) is 5.12. The molecular weight excluding hydrogens is 438 g/mol. The fraction of sp³-hybridized carbons (Fsp3) is 0.231. The number of carboxylic acids is 1. The molecule has 1 aliphatic rings. The molecule has 3 aromatic carbocycles. The van der Waals surface area contributed by atoms with Gasteiger partial charge in [-0.2, -0.15) is 0 Å². The smallest absolute Gasteiger partial charge is 0.337 e. The fourth-order valence-corrected chi connectivity index (χ4v) is 4.36. The number of hydrogen-bond acceptors (Lipinski definition) is 4. The lowest BCUT2D eigenvalue weighted by molar-refractivity contribution is 0.0697. The average Bonchev–Trinajstić information content (AvgIpc) is 2.79. The molecule has 1 fully saturated rings. The normalized spacial score (nSPS) is 15.9. The highest BCUT2D eigenvalue weighted by Gasteiger charge is 2.27. The SMILES string of the molecule is Cc1cccc(N2CCN(c3ccc(NC(=O)c4ccc(Cl)cc4)cc3C(=O)O)C[C@H]2C)c1. The van der Waals surface area contributed by atoms with Crippen molar-refractivity contribution in [1.29, 1.82) is 0 Å². The van der Waals surface area contributed by atoms with E-state index >= 15 is 0 Å². The number of benzene rings is 3. The Kier molecular flexibility index (Phi) is 6.56. The molecule has 2 N–H and O–H groups in total. The lowest BCUT2D eigenvalue weighted by Crippen LogP contribution is -2.52. The molecule has 0 unspecified atom stereocenters. The van der Waals surface area contributed by atoms with Gasteiger partial charge in [0.2, 0.25) is 0 Å². The summed E-state index contributed by atoms with van der Waals surface area (Å²) in [6, 6.07) is 20.2. The molecule has 1 heterocycles. The lowest BCUT2D eigenvalue weighted by atomic mass is 10.1. The first-order valence-corrected chi connectivity index (χ1v) is 11.2. The van der Waals surface area contributed by atoms with Gasteiger partial charge in [-0.25, -0.2) is 4.79 Å². The van der Waals surface area contributed by atoms with Crippen molar-refractivity contribution >= 4 is 40.5 Å². The summed E-state index contributed by atoms with van der Waals surface area (Å²) in [5, 5.41) is 13.2. The number of aryl methyl sites for hydroxylation is 1. The second kappa shape index (κ2) is 9.55. The minimum absolute atomic E-state index is 0.167. The van der Waals surface area contributed by atoms with E-state index in [1.165, 1.54) is 17.3 Å². The number of carbonyl (C=O) groups excluding carboxylic acids is 1. The summed E-state index contributed by atoms with van der Waals surface area (Å²) in [5.74, 6) is -1.35. The maximum absolute atomic E-state index is 12.5. The highest BCUT2D eigenvalue weighted by Crippen LogP contribution is 2.29. The first kappa shape index (κ1) is 22.7. The van der Waals surface area contributed by atoms with E-state index in [0.29, 0.717) is 35.1 Å². The average molecular weight is 464 g/mol. The van der Waals surface area contributed by atoms with Gasteiger partial charge in [0.1, 0.15) is 0 Å². The van der Waals surface area contributed by atoms with Crippen LogP contribution in [0.2, 0.25) is 5.02 Å². The monoisotopic (exact) mass is 463 g/mol. The second-order valence-corrected chi connectivity index (χ2v) is 8.76. The highest BCUT2D eigenvalue weighted by molar-refractivity contribution is 6.30. The summed E-state index contributed by atoms with van der Waals surface area (Å²) in [5.41, 5.74) is 4.10. The van der Waals surface area contributed by atoms with E-state index in [0.717, 1.165) is 6.54 Å². The Labute approximate surface area is 198 Å². The van der Waals surface area contributed by atoms with Crippen molar-refractivity contribution in [3.8, 4) is 0 Å². The second-order valence-electron chi connectivity index (χ2n) is 8.33. The van der Waals surface area contributed by atoms with Gasteiger partial charge in [0.05, 0.1) is 11.3 Å². The molecular formula is C26H26ClN3O3. The molecule has 1 amide bonds. The Morgan fingerprint density at radius 1 is 1.03 bits per heavy atom. The van der Waals surface area contributed by atoms with Crippen LogP contribution in [-0.4, -0.2) is 42.7 Å². The van der Waals surface area contributed by atoms with E-state index in [1.807, 2.05) is 0 Å². The molecule has 6 nitrogen and oxygen atoms in total. The van der Waals surface area contributed by atoms with Crippen LogP contribution < -0.4 is 15.1 Å². The molecule has 1 aliphatic heterocycles. The number of nitrogens with one attached hydrogen (secondary N) is 1. The van der Waals surface area contributed by atoms with Crippen molar-refractivity contribution in [2.75, 3.05) is 34.8 Å². The first-order valence-electron chi connectivity index (χ1n) is 10.8.